The maximum atomic E-state index is 5.71. The van der Waals surface area contributed by atoms with Crippen LogP contribution in [0.25, 0.3) is 0 Å². The molecule has 0 aliphatic heterocycles. The summed E-state index contributed by atoms with van der Waals surface area (Å²) in [6.07, 6.45) is 2.19. The molecule has 0 heterocycles. The molecule has 0 aliphatic rings. The minimum atomic E-state index is 0. The average Bonchev–Trinajstić information content (AvgIpc) is 2.22. The number of guanidine groups is 1. The molecule has 0 atom stereocenters. The first-order chi connectivity index (χ1) is 8.02. The van der Waals surface area contributed by atoms with Gasteiger partial charge in [-0.25, -0.2) is 0 Å². The maximum Gasteiger partial charge on any atom is 0.188 e. The van der Waals surface area contributed by atoms with Crippen LogP contribution in [0.1, 0.15) is 40.5 Å². The maximum absolute atomic E-state index is 5.71. The fourth-order valence-electron chi connectivity index (χ4n) is 1.17. The van der Waals surface area contributed by atoms with Gasteiger partial charge in [0.15, 0.2) is 5.96 Å². The van der Waals surface area contributed by atoms with E-state index in [0.29, 0.717) is 24.4 Å². The van der Waals surface area contributed by atoms with Crippen molar-refractivity contribution in [2.24, 2.45) is 22.6 Å². The molecule has 4 nitrogen and oxygen atoms in total. The molecule has 0 aromatic heterocycles. The Labute approximate surface area is 129 Å². The molecular formula is C13H30IN3O. The van der Waals surface area contributed by atoms with Gasteiger partial charge in [-0.1, -0.05) is 27.7 Å². The van der Waals surface area contributed by atoms with E-state index in [-0.39, 0.29) is 24.0 Å². The summed E-state index contributed by atoms with van der Waals surface area (Å²) in [5, 5.41) is 3.05. The first-order valence-corrected chi connectivity index (χ1v) is 6.64. The van der Waals surface area contributed by atoms with Crippen LogP contribution in [0.2, 0.25) is 0 Å². The fraction of sp³-hybridized carbons (Fsp3) is 0.923. The highest BCUT2D eigenvalue weighted by Crippen LogP contribution is 1.98. The van der Waals surface area contributed by atoms with E-state index < -0.39 is 0 Å². The molecule has 18 heavy (non-hydrogen) atoms. The molecule has 3 N–H and O–H groups in total. The largest absolute Gasteiger partial charge is 0.380 e. The predicted molar refractivity (Wildman–Crippen MR) is 89.6 cm³/mol. The number of rotatable bonds is 9. The lowest BCUT2D eigenvalue weighted by molar-refractivity contribution is 0.128. The van der Waals surface area contributed by atoms with E-state index in [4.69, 9.17) is 10.5 Å². The first kappa shape index (κ1) is 20.3. The Morgan fingerprint density at radius 2 is 1.72 bits per heavy atom. The van der Waals surface area contributed by atoms with Crippen LogP contribution in [-0.4, -0.2) is 32.3 Å². The second-order valence-electron chi connectivity index (χ2n) is 5.17. The number of hydrogen-bond donors (Lipinski definition) is 2. The molecule has 0 aliphatic carbocycles. The number of nitrogens with two attached hydrogens (primary N) is 1. The number of nitrogens with one attached hydrogen (secondary N) is 1. The standard InChI is InChI=1S/C13H29N3O.HI/c1-11(2)5-7-15-13(14)16-8-10-17-9-6-12(3)4;/h11-12H,5-10H2,1-4H3,(H3,14,15,16);1H. The molecule has 0 unspecified atom stereocenters. The summed E-state index contributed by atoms with van der Waals surface area (Å²) in [4.78, 5) is 4.24. The van der Waals surface area contributed by atoms with Crippen molar-refractivity contribution in [3.8, 4) is 0 Å². The second kappa shape index (κ2) is 13.4. The van der Waals surface area contributed by atoms with Crippen LogP contribution in [0.15, 0.2) is 4.99 Å². The van der Waals surface area contributed by atoms with Crippen LogP contribution in [0, 0.1) is 11.8 Å². The van der Waals surface area contributed by atoms with Crippen molar-refractivity contribution < 1.29 is 4.74 Å². The summed E-state index contributed by atoms with van der Waals surface area (Å²) in [7, 11) is 0. The van der Waals surface area contributed by atoms with Gasteiger partial charge in [-0.2, -0.15) is 0 Å². The van der Waals surface area contributed by atoms with Crippen LogP contribution in [0.4, 0.5) is 0 Å². The molecule has 0 bridgehead atoms. The van der Waals surface area contributed by atoms with Gasteiger partial charge < -0.3 is 15.8 Å². The molecule has 110 valence electrons. The smallest absolute Gasteiger partial charge is 0.188 e. The number of ether oxygens (including phenoxy) is 1. The third kappa shape index (κ3) is 16.0. The Bertz CT molecular complexity index is 208. The highest BCUT2D eigenvalue weighted by molar-refractivity contribution is 14.0. The van der Waals surface area contributed by atoms with Crippen molar-refractivity contribution in [3.63, 3.8) is 0 Å². The van der Waals surface area contributed by atoms with E-state index >= 15 is 0 Å². The predicted octanol–water partition coefficient (Wildman–Crippen LogP) is 2.62. The fourth-order valence-corrected chi connectivity index (χ4v) is 1.17. The number of aliphatic imine (C=N–C) groups is 1. The Hall–Kier alpha value is -0.0400. The molecule has 0 amide bonds. The van der Waals surface area contributed by atoms with E-state index in [2.05, 4.69) is 38.0 Å². The van der Waals surface area contributed by atoms with Gasteiger partial charge in [-0.3, -0.25) is 4.99 Å². The van der Waals surface area contributed by atoms with E-state index in [9.17, 15) is 0 Å². The van der Waals surface area contributed by atoms with E-state index in [1.807, 2.05) is 0 Å². The monoisotopic (exact) mass is 371 g/mol. The lowest BCUT2D eigenvalue weighted by atomic mass is 10.1. The van der Waals surface area contributed by atoms with Gasteiger partial charge in [0.2, 0.25) is 0 Å². The molecule has 0 rings (SSSR count). The quantitative estimate of drug-likeness (QED) is 0.284. The number of nitrogens with zero attached hydrogens (tertiary/aromatic N) is 1. The molecule has 0 radical (unpaired) electrons. The lowest BCUT2D eigenvalue weighted by Crippen LogP contribution is -2.34. The van der Waals surface area contributed by atoms with Crippen LogP contribution in [-0.2, 0) is 4.74 Å². The summed E-state index contributed by atoms with van der Waals surface area (Å²) in [6, 6.07) is 0. The highest BCUT2D eigenvalue weighted by Gasteiger charge is 1.95. The van der Waals surface area contributed by atoms with Gasteiger partial charge in [0.1, 0.15) is 0 Å². The van der Waals surface area contributed by atoms with Gasteiger partial charge in [-0.15, -0.1) is 24.0 Å². The Balaban J connectivity index is 0. The van der Waals surface area contributed by atoms with Crippen molar-refractivity contribution in [2.75, 3.05) is 26.3 Å². The zero-order valence-electron chi connectivity index (χ0n) is 12.2. The van der Waals surface area contributed by atoms with Crippen molar-refractivity contribution in [1.29, 1.82) is 0 Å². The minimum absolute atomic E-state index is 0. The lowest BCUT2D eigenvalue weighted by Gasteiger charge is -2.08. The molecule has 0 saturated carbocycles. The first-order valence-electron chi connectivity index (χ1n) is 6.64. The zero-order chi connectivity index (χ0) is 13.1. The van der Waals surface area contributed by atoms with Gasteiger partial charge >= 0.3 is 0 Å². The van der Waals surface area contributed by atoms with Gasteiger partial charge in [-0.05, 0) is 24.7 Å². The molecule has 0 saturated heterocycles. The molecule has 0 aromatic rings. The third-order valence-electron chi connectivity index (χ3n) is 2.38. The van der Waals surface area contributed by atoms with Crippen molar-refractivity contribution >= 4 is 29.9 Å². The SMILES string of the molecule is CC(C)CCN=C(N)NCCOCCC(C)C.I. The Morgan fingerprint density at radius 3 is 2.28 bits per heavy atom. The summed E-state index contributed by atoms with van der Waals surface area (Å²) >= 11 is 0. The molecule has 0 fully saturated rings. The van der Waals surface area contributed by atoms with Crippen molar-refractivity contribution in [1.82, 2.24) is 5.32 Å². The second-order valence-corrected chi connectivity index (χ2v) is 5.17. The normalized spacial score (nSPS) is 11.8. The molecule has 0 aromatic carbocycles. The Morgan fingerprint density at radius 1 is 1.11 bits per heavy atom. The highest BCUT2D eigenvalue weighted by atomic mass is 127. The number of halogens is 1. The van der Waals surface area contributed by atoms with E-state index in [0.717, 1.165) is 32.5 Å². The topological polar surface area (TPSA) is 59.6 Å². The molecular weight excluding hydrogens is 341 g/mol. The summed E-state index contributed by atoms with van der Waals surface area (Å²) in [6.45, 7) is 11.8. The van der Waals surface area contributed by atoms with Gasteiger partial charge in [0.25, 0.3) is 0 Å². The average molecular weight is 371 g/mol. The van der Waals surface area contributed by atoms with Gasteiger partial charge in [0, 0.05) is 19.7 Å². The summed E-state index contributed by atoms with van der Waals surface area (Å²) in [5.41, 5.74) is 5.71. The van der Waals surface area contributed by atoms with Crippen LogP contribution >= 0.6 is 24.0 Å². The molecule has 5 heteroatoms. The molecule has 0 spiro atoms. The van der Waals surface area contributed by atoms with Gasteiger partial charge in [0.05, 0.1) is 6.61 Å². The van der Waals surface area contributed by atoms with E-state index in [1.54, 1.807) is 0 Å². The van der Waals surface area contributed by atoms with Crippen molar-refractivity contribution in [3.05, 3.63) is 0 Å². The summed E-state index contributed by atoms with van der Waals surface area (Å²) < 4.78 is 5.46. The minimum Gasteiger partial charge on any atom is -0.380 e. The van der Waals surface area contributed by atoms with Crippen LogP contribution < -0.4 is 11.1 Å². The Kier molecular flexibility index (Phi) is 15.1. The van der Waals surface area contributed by atoms with Crippen molar-refractivity contribution in [2.45, 2.75) is 40.5 Å². The summed E-state index contributed by atoms with van der Waals surface area (Å²) in [5.74, 6) is 1.90. The van der Waals surface area contributed by atoms with Crippen LogP contribution in [0.3, 0.4) is 0 Å². The number of hydrogen-bond acceptors (Lipinski definition) is 2. The van der Waals surface area contributed by atoms with E-state index in [1.165, 1.54) is 0 Å². The third-order valence-corrected chi connectivity index (χ3v) is 2.38. The zero-order valence-corrected chi connectivity index (χ0v) is 14.6. The van der Waals surface area contributed by atoms with Crippen LogP contribution in [0.5, 0.6) is 0 Å².